The Hall–Kier alpha value is -1.18. The van der Waals surface area contributed by atoms with Crippen LogP contribution in [0.1, 0.15) is 30.7 Å². The molecule has 0 aromatic carbocycles. The van der Waals surface area contributed by atoms with Gasteiger partial charge in [-0.3, -0.25) is 4.90 Å². The summed E-state index contributed by atoms with van der Waals surface area (Å²) in [6.45, 7) is 14.6. The summed E-state index contributed by atoms with van der Waals surface area (Å²) >= 11 is 1.70. The average molecular weight is 340 g/mol. The molecule has 2 rings (SSSR count). The number of ether oxygens (including phenoxy) is 1. The molecule has 0 bridgehead atoms. The topological polar surface area (TPSA) is 61.8 Å². The zero-order chi connectivity index (χ0) is 16.7. The monoisotopic (exact) mass is 339 g/mol. The average Bonchev–Trinajstić information content (AvgIpc) is 2.96. The molecule has 1 fully saturated rings. The number of hydrogen-bond acceptors (Lipinski definition) is 5. The predicted octanol–water partition coefficient (Wildman–Crippen LogP) is 1.62. The number of morpholine rings is 1. The Kier molecular flexibility index (Phi) is 6.80. The lowest BCUT2D eigenvalue weighted by molar-refractivity contribution is -0.00834. The molecule has 6 nitrogen and oxygen atoms in total. The third-order valence-electron chi connectivity index (χ3n) is 3.94. The third kappa shape index (κ3) is 5.75. The molecule has 2 heterocycles. The van der Waals surface area contributed by atoms with Gasteiger partial charge < -0.3 is 15.4 Å². The molecule has 1 aliphatic rings. The molecule has 7 heteroatoms. The molecule has 0 radical (unpaired) electrons. The van der Waals surface area contributed by atoms with Crippen LogP contribution in [0.4, 0.5) is 0 Å². The molecule has 23 heavy (non-hydrogen) atoms. The first-order chi connectivity index (χ1) is 11.0. The first kappa shape index (κ1) is 18.2. The minimum Gasteiger partial charge on any atom is -0.379 e. The van der Waals surface area contributed by atoms with Gasteiger partial charge in [0.1, 0.15) is 5.01 Å². The highest BCUT2D eigenvalue weighted by Gasteiger charge is 2.28. The Morgan fingerprint density at radius 3 is 2.74 bits per heavy atom. The van der Waals surface area contributed by atoms with Gasteiger partial charge in [0.2, 0.25) is 0 Å². The standard InChI is InChI=1S/C16H29N5OS/c1-5-17-15(19-11-14-18-10-13(2)23-14)20-12-16(3,4)21-6-8-22-9-7-21/h10H,5-9,11-12H2,1-4H3,(H2,17,19,20). The molecule has 0 spiro atoms. The lowest BCUT2D eigenvalue weighted by Crippen LogP contribution is -2.56. The van der Waals surface area contributed by atoms with Crippen molar-refractivity contribution in [2.75, 3.05) is 39.4 Å². The zero-order valence-corrected chi connectivity index (χ0v) is 15.5. The Balaban J connectivity index is 1.90. The highest BCUT2D eigenvalue weighted by Crippen LogP contribution is 2.15. The van der Waals surface area contributed by atoms with Crippen molar-refractivity contribution < 1.29 is 4.74 Å². The van der Waals surface area contributed by atoms with Crippen LogP contribution in [-0.2, 0) is 11.3 Å². The van der Waals surface area contributed by atoms with E-state index < -0.39 is 0 Å². The number of thiazole rings is 1. The highest BCUT2D eigenvalue weighted by atomic mass is 32.1. The van der Waals surface area contributed by atoms with Crippen LogP contribution >= 0.6 is 11.3 Å². The zero-order valence-electron chi connectivity index (χ0n) is 14.7. The highest BCUT2D eigenvalue weighted by molar-refractivity contribution is 7.11. The smallest absolute Gasteiger partial charge is 0.191 e. The Morgan fingerprint density at radius 1 is 1.39 bits per heavy atom. The SMILES string of the molecule is CCNC(=NCc1ncc(C)s1)NCC(C)(C)N1CCOCC1. The number of aliphatic imine (C=N–C) groups is 1. The quantitative estimate of drug-likeness (QED) is 0.609. The number of guanidine groups is 1. The number of aromatic nitrogens is 1. The van der Waals surface area contributed by atoms with Gasteiger partial charge in [-0.05, 0) is 27.7 Å². The summed E-state index contributed by atoms with van der Waals surface area (Å²) in [5.41, 5.74) is 0.0672. The molecule has 0 amide bonds. The predicted molar refractivity (Wildman–Crippen MR) is 96.1 cm³/mol. The van der Waals surface area contributed by atoms with Gasteiger partial charge in [0.15, 0.2) is 5.96 Å². The van der Waals surface area contributed by atoms with Crippen molar-refractivity contribution in [2.45, 2.75) is 39.8 Å². The third-order valence-corrected chi connectivity index (χ3v) is 4.84. The summed E-state index contributed by atoms with van der Waals surface area (Å²) in [4.78, 5) is 12.7. The molecule has 1 saturated heterocycles. The van der Waals surface area contributed by atoms with E-state index in [1.807, 2.05) is 6.20 Å². The van der Waals surface area contributed by atoms with Gasteiger partial charge in [-0.2, -0.15) is 0 Å². The summed E-state index contributed by atoms with van der Waals surface area (Å²) in [5, 5.41) is 7.82. The second kappa shape index (κ2) is 8.61. The lowest BCUT2D eigenvalue weighted by Gasteiger charge is -2.41. The van der Waals surface area contributed by atoms with E-state index in [9.17, 15) is 0 Å². The van der Waals surface area contributed by atoms with Crippen molar-refractivity contribution in [3.8, 4) is 0 Å². The summed E-state index contributed by atoms with van der Waals surface area (Å²) in [7, 11) is 0. The minimum atomic E-state index is 0.0672. The molecule has 0 aliphatic carbocycles. The summed E-state index contributed by atoms with van der Waals surface area (Å²) in [6.07, 6.45) is 1.90. The van der Waals surface area contributed by atoms with Gasteiger partial charge in [0.05, 0.1) is 19.8 Å². The van der Waals surface area contributed by atoms with Crippen LogP contribution in [0.15, 0.2) is 11.2 Å². The maximum absolute atomic E-state index is 5.44. The van der Waals surface area contributed by atoms with Crippen LogP contribution in [0.25, 0.3) is 0 Å². The second-order valence-electron chi connectivity index (χ2n) is 6.33. The van der Waals surface area contributed by atoms with Crippen molar-refractivity contribution >= 4 is 17.3 Å². The van der Waals surface area contributed by atoms with Gasteiger partial charge in [0.25, 0.3) is 0 Å². The Labute approximate surface area is 143 Å². The molecule has 1 aromatic rings. The molecule has 0 saturated carbocycles. The van der Waals surface area contributed by atoms with Crippen molar-refractivity contribution in [1.29, 1.82) is 0 Å². The first-order valence-electron chi connectivity index (χ1n) is 8.27. The molecule has 0 atom stereocenters. The van der Waals surface area contributed by atoms with Crippen LogP contribution < -0.4 is 10.6 Å². The van der Waals surface area contributed by atoms with E-state index in [1.165, 1.54) is 4.88 Å². The van der Waals surface area contributed by atoms with E-state index in [0.29, 0.717) is 6.54 Å². The maximum Gasteiger partial charge on any atom is 0.191 e. The fourth-order valence-electron chi connectivity index (χ4n) is 2.54. The molecule has 0 unspecified atom stereocenters. The van der Waals surface area contributed by atoms with Crippen molar-refractivity contribution in [2.24, 2.45) is 4.99 Å². The molecular weight excluding hydrogens is 310 g/mol. The summed E-state index contributed by atoms with van der Waals surface area (Å²) in [6, 6.07) is 0. The van der Waals surface area contributed by atoms with E-state index in [-0.39, 0.29) is 5.54 Å². The second-order valence-corrected chi connectivity index (χ2v) is 7.64. The lowest BCUT2D eigenvalue weighted by atomic mass is 10.0. The van der Waals surface area contributed by atoms with Crippen LogP contribution in [-0.4, -0.2) is 60.8 Å². The van der Waals surface area contributed by atoms with E-state index in [1.54, 1.807) is 11.3 Å². The fraction of sp³-hybridized carbons (Fsp3) is 0.750. The normalized spacial score (nSPS) is 17.3. The fourth-order valence-corrected chi connectivity index (χ4v) is 3.26. The van der Waals surface area contributed by atoms with Gasteiger partial charge >= 0.3 is 0 Å². The Morgan fingerprint density at radius 2 is 2.13 bits per heavy atom. The minimum absolute atomic E-state index is 0.0672. The van der Waals surface area contributed by atoms with Gasteiger partial charge in [-0.1, -0.05) is 0 Å². The van der Waals surface area contributed by atoms with Crippen molar-refractivity contribution in [3.05, 3.63) is 16.1 Å². The van der Waals surface area contributed by atoms with Crippen molar-refractivity contribution in [1.82, 2.24) is 20.5 Å². The summed E-state index contributed by atoms with van der Waals surface area (Å²) in [5.74, 6) is 0.849. The van der Waals surface area contributed by atoms with E-state index in [2.05, 4.69) is 53.2 Å². The number of rotatable bonds is 6. The molecule has 130 valence electrons. The first-order valence-corrected chi connectivity index (χ1v) is 9.09. The van der Waals surface area contributed by atoms with Gasteiger partial charge in [-0.15, -0.1) is 11.3 Å². The molecule has 1 aliphatic heterocycles. The molecule has 2 N–H and O–H groups in total. The van der Waals surface area contributed by atoms with Gasteiger partial charge in [0, 0.05) is 42.8 Å². The number of aryl methyl sites for hydroxylation is 1. The maximum atomic E-state index is 5.44. The van der Waals surface area contributed by atoms with Crippen LogP contribution in [0.5, 0.6) is 0 Å². The number of hydrogen-bond donors (Lipinski definition) is 2. The molecular formula is C16H29N5OS. The van der Waals surface area contributed by atoms with E-state index in [0.717, 1.165) is 50.4 Å². The van der Waals surface area contributed by atoms with Crippen LogP contribution in [0.2, 0.25) is 0 Å². The number of nitrogens with one attached hydrogen (secondary N) is 2. The van der Waals surface area contributed by atoms with Gasteiger partial charge in [-0.25, -0.2) is 9.98 Å². The van der Waals surface area contributed by atoms with Crippen molar-refractivity contribution in [3.63, 3.8) is 0 Å². The van der Waals surface area contributed by atoms with Crippen LogP contribution in [0, 0.1) is 6.92 Å². The largest absolute Gasteiger partial charge is 0.379 e. The van der Waals surface area contributed by atoms with Crippen LogP contribution in [0.3, 0.4) is 0 Å². The van der Waals surface area contributed by atoms with E-state index >= 15 is 0 Å². The Bertz CT molecular complexity index is 508. The summed E-state index contributed by atoms with van der Waals surface area (Å²) < 4.78 is 5.44. The van der Waals surface area contributed by atoms with E-state index in [4.69, 9.17) is 4.74 Å². The molecule has 1 aromatic heterocycles. The number of nitrogens with zero attached hydrogens (tertiary/aromatic N) is 3.